The fourth-order valence-corrected chi connectivity index (χ4v) is 3.31. The average molecular weight is 392 g/mol. The van der Waals surface area contributed by atoms with Crippen molar-refractivity contribution < 1.29 is 9.13 Å². The molecule has 0 radical (unpaired) electrons. The van der Waals surface area contributed by atoms with E-state index in [0.717, 1.165) is 15.1 Å². The highest BCUT2D eigenvalue weighted by Crippen LogP contribution is 2.23. The zero-order valence-corrected chi connectivity index (χ0v) is 14.6. The molecule has 0 amide bonds. The maximum atomic E-state index is 13.7. The Bertz CT molecular complexity index is 580. The maximum Gasteiger partial charge on any atom is 0.240 e. The van der Waals surface area contributed by atoms with Gasteiger partial charge in [0.25, 0.3) is 0 Å². The lowest BCUT2D eigenvalue weighted by Gasteiger charge is -2.15. The Hall–Kier alpha value is -0.473. The molecule has 1 aromatic carbocycles. The van der Waals surface area contributed by atoms with Gasteiger partial charge in [-0.15, -0.1) is 5.10 Å². The molecule has 2 rings (SSSR count). The van der Waals surface area contributed by atoms with Crippen LogP contribution in [0, 0.1) is 9.52 Å². The molecule has 3 nitrogen and oxygen atoms in total. The zero-order chi connectivity index (χ0) is 14.0. The Morgan fingerprint density at radius 2 is 2.11 bits per heavy atom. The van der Waals surface area contributed by atoms with Gasteiger partial charge in [-0.2, -0.15) is 4.39 Å². The van der Waals surface area contributed by atoms with Gasteiger partial charge in [0.15, 0.2) is 0 Å². The molecule has 0 aliphatic carbocycles. The number of para-hydroxylation sites is 1. The first-order chi connectivity index (χ1) is 8.88. The first-order valence-electron chi connectivity index (χ1n) is 6.27. The van der Waals surface area contributed by atoms with Crippen molar-refractivity contribution in [1.82, 2.24) is 9.78 Å². The van der Waals surface area contributed by atoms with Crippen molar-refractivity contribution in [3.63, 3.8) is 0 Å². The Labute approximate surface area is 127 Å². The monoisotopic (exact) mass is 392 g/mol. The fourth-order valence-electron chi connectivity index (χ4n) is 1.78. The highest BCUT2D eigenvalue weighted by molar-refractivity contribution is 14.1. The van der Waals surface area contributed by atoms with Crippen LogP contribution in [0.3, 0.4) is 0 Å². The van der Waals surface area contributed by atoms with E-state index in [4.69, 9.17) is 4.74 Å². The number of ether oxygens (including phenoxy) is 1. The lowest BCUT2D eigenvalue weighted by molar-refractivity contribution is 0.0803. The van der Waals surface area contributed by atoms with Gasteiger partial charge >= 0.3 is 0 Å². The van der Waals surface area contributed by atoms with E-state index >= 15 is 0 Å². The summed E-state index contributed by atoms with van der Waals surface area (Å²) >= 11 is 2.19. The number of benzene rings is 1. The lowest BCUT2D eigenvalue weighted by Crippen LogP contribution is -2.22. The van der Waals surface area contributed by atoms with Crippen molar-refractivity contribution in [2.24, 2.45) is 0 Å². The second kappa shape index (κ2) is 5.88. The average Bonchev–Trinajstić information content (AvgIpc) is 2.62. The Kier molecular flexibility index (Phi) is 4.62. The minimum atomic E-state index is -1.09. The normalized spacial score (nSPS) is 12.3. The predicted octanol–water partition coefficient (Wildman–Crippen LogP) is 4.09. The summed E-state index contributed by atoms with van der Waals surface area (Å²) in [6.07, 6.45) is 0. The highest BCUT2D eigenvalue weighted by Gasteiger charge is 2.14. The van der Waals surface area contributed by atoms with Crippen molar-refractivity contribution in [1.29, 1.82) is 0 Å². The van der Waals surface area contributed by atoms with E-state index in [-0.39, 0.29) is 0 Å². The van der Waals surface area contributed by atoms with Crippen molar-refractivity contribution >= 4 is 41.6 Å². The molecule has 1 aromatic heterocycles. The molecule has 0 N–H and O–H groups in total. The number of hydrogen-bond donors (Lipinski definition) is 0. The summed E-state index contributed by atoms with van der Waals surface area (Å²) < 4.78 is 21.9. The summed E-state index contributed by atoms with van der Waals surface area (Å²) in [5.41, 5.74) is 0.814. The quantitative estimate of drug-likeness (QED) is 0.435. The van der Waals surface area contributed by atoms with Crippen molar-refractivity contribution in [2.45, 2.75) is 32.4 Å². The van der Waals surface area contributed by atoms with Gasteiger partial charge in [-0.1, -0.05) is 25.7 Å². The SMILES string of the molecule is C[Si](C)(C)CCOCn1nc(F)c2cccc(I)c21. The molecule has 0 fully saturated rings. The van der Waals surface area contributed by atoms with Crippen LogP contribution in [0.1, 0.15) is 0 Å². The molecule has 0 bridgehead atoms. The molecule has 0 atom stereocenters. The van der Waals surface area contributed by atoms with Crippen LogP contribution < -0.4 is 0 Å². The topological polar surface area (TPSA) is 27.1 Å². The van der Waals surface area contributed by atoms with Crippen molar-refractivity contribution in [3.8, 4) is 0 Å². The number of rotatable bonds is 5. The highest BCUT2D eigenvalue weighted by atomic mass is 127. The Morgan fingerprint density at radius 1 is 1.37 bits per heavy atom. The molecule has 19 heavy (non-hydrogen) atoms. The molecule has 104 valence electrons. The molecule has 0 unspecified atom stereocenters. The third-order valence-electron chi connectivity index (χ3n) is 2.89. The molecule has 0 aliphatic rings. The third-order valence-corrected chi connectivity index (χ3v) is 5.46. The summed E-state index contributed by atoms with van der Waals surface area (Å²) in [6, 6.07) is 6.64. The fraction of sp³-hybridized carbons (Fsp3) is 0.462. The van der Waals surface area contributed by atoms with Gasteiger partial charge in [-0.25, -0.2) is 4.68 Å². The summed E-state index contributed by atoms with van der Waals surface area (Å²) in [5.74, 6) is -0.428. The first-order valence-corrected chi connectivity index (χ1v) is 11.1. The minimum absolute atomic E-state index is 0.310. The van der Waals surface area contributed by atoms with Gasteiger partial charge in [0.1, 0.15) is 6.73 Å². The summed E-state index contributed by atoms with van der Waals surface area (Å²) in [4.78, 5) is 0. The number of aromatic nitrogens is 2. The number of nitrogens with zero attached hydrogens (tertiary/aromatic N) is 2. The zero-order valence-electron chi connectivity index (χ0n) is 11.4. The number of halogens is 2. The molecule has 0 saturated heterocycles. The van der Waals surface area contributed by atoms with Crippen LogP contribution in [0.5, 0.6) is 0 Å². The molecular weight excluding hydrogens is 374 g/mol. The molecule has 0 aliphatic heterocycles. The van der Waals surface area contributed by atoms with Crippen LogP contribution in [0.4, 0.5) is 4.39 Å². The van der Waals surface area contributed by atoms with Gasteiger partial charge in [0, 0.05) is 18.3 Å². The van der Waals surface area contributed by atoms with Gasteiger partial charge in [0.2, 0.25) is 5.95 Å². The molecule has 6 heteroatoms. The third kappa shape index (κ3) is 3.76. The van der Waals surface area contributed by atoms with Gasteiger partial charge in [0.05, 0.1) is 10.9 Å². The van der Waals surface area contributed by atoms with E-state index in [2.05, 4.69) is 47.3 Å². The lowest BCUT2D eigenvalue weighted by atomic mass is 10.2. The van der Waals surface area contributed by atoms with Crippen LogP contribution in [0.25, 0.3) is 10.9 Å². The first kappa shape index (κ1) is 14.9. The molecule has 0 saturated carbocycles. The Balaban J connectivity index is 2.09. The van der Waals surface area contributed by atoms with Gasteiger partial charge in [-0.3, -0.25) is 0 Å². The second-order valence-corrected chi connectivity index (χ2v) is 12.6. The van der Waals surface area contributed by atoms with Crippen LogP contribution in [-0.4, -0.2) is 24.5 Å². The molecule has 0 spiro atoms. The van der Waals surface area contributed by atoms with Gasteiger partial charge < -0.3 is 4.74 Å². The Morgan fingerprint density at radius 3 is 2.79 bits per heavy atom. The standard InChI is InChI=1S/C13H18FIN2OSi/c1-19(2,3)8-7-18-9-17-12-10(13(14)16-17)5-4-6-11(12)15/h4-6H,7-9H2,1-3H3. The van der Waals surface area contributed by atoms with E-state index in [1.54, 1.807) is 10.7 Å². The summed E-state index contributed by atoms with van der Waals surface area (Å²) in [7, 11) is -1.09. The largest absolute Gasteiger partial charge is 0.360 e. The maximum absolute atomic E-state index is 13.7. The van der Waals surface area contributed by atoms with E-state index < -0.39 is 14.0 Å². The molecular formula is C13H18FIN2OSi. The summed E-state index contributed by atoms with van der Waals surface area (Å²) in [6.45, 7) is 7.94. The summed E-state index contributed by atoms with van der Waals surface area (Å²) in [5, 5.41) is 4.47. The number of hydrogen-bond acceptors (Lipinski definition) is 2. The van der Waals surface area contributed by atoms with Gasteiger partial charge in [-0.05, 0) is 40.8 Å². The smallest absolute Gasteiger partial charge is 0.240 e. The van der Waals surface area contributed by atoms with Crippen LogP contribution in [0.2, 0.25) is 25.7 Å². The van der Waals surface area contributed by atoms with Crippen molar-refractivity contribution in [3.05, 3.63) is 27.7 Å². The van der Waals surface area contributed by atoms with E-state index in [0.29, 0.717) is 18.7 Å². The van der Waals surface area contributed by atoms with Crippen LogP contribution >= 0.6 is 22.6 Å². The van der Waals surface area contributed by atoms with Crippen molar-refractivity contribution in [2.75, 3.05) is 6.61 Å². The van der Waals surface area contributed by atoms with E-state index in [1.807, 2.05) is 12.1 Å². The van der Waals surface area contributed by atoms with E-state index in [1.165, 1.54) is 0 Å². The number of fused-ring (bicyclic) bond motifs is 1. The van der Waals surface area contributed by atoms with Crippen LogP contribution in [0.15, 0.2) is 18.2 Å². The predicted molar refractivity (Wildman–Crippen MR) is 86.5 cm³/mol. The minimum Gasteiger partial charge on any atom is -0.360 e. The molecule has 2 aromatic rings. The van der Waals surface area contributed by atoms with E-state index in [9.17, 15) is 4.39 Å². The second-order valence-electron chi connectivity index (χ2n) is 5.77. The van der Waals surface area contributed by atoms with Crippen LogP contribution in [-0.2, 0) is 11.5 Å². The molecule has 1 heterocycles.